The summed E-state index contributed by atoms with van der Waals surface area (Å²) in [4.78, 5) is 23.7. The van der Waals surface area contributed by atoms with Gasteiger partial charge >= 0.3 is 11.9 Å². The van der Waals surface area contributed by atoms with Crippen LogP contribution in [0.15, 0.2) is 41.4 Å². The Hall–Kier alpha value is -2.86. The Morgan fingerprint density at radius 3 is 2.56 bits per heavy atom. The van der Waals surface area contributed by atoms with Crippen LogP contribution in [0.1, 0.15) is 23.7 Å². The first-order valence-corrected chi connectivity index (χ1v) is 8.91. The Balaban J connectivity index is 0.000000226. The van der Waals surface area contributed by atoms with Crippen LogP contribution >= 0.6 is 11.6 Å². The molecule has 6 nitrogen and oxygen atoms in total. The molecule has 2 aliphatic rings. The van der Waals surface area contributed by atoms with Crippen LogP contribution in [0.4, 0.5) is 0 Å². The van der Waals surface area contributed by atoms with E-state index in [1.165, 1.54) is 28.1 Å². The summed E-state index contributed by atoms with van der Waals surface area (Å²) in [6.45, 7) is 3.97. The van der Waals surface area contributed by atoms with E-state index in [0.29, 0.717) is 12.2 Å². The molecule has 4 rings (SSSR count). The van der Waals surface area contributed by atoms with Gasteiger partial charge in [-0.25, -0.2) is 9.59 Å². The van der Waals surface area contributed by atoms with Crippen molar-refractivity contribution in [3.8, 4) is 11.3 Å². The molecule has 0 radical (unpaired) electrons. The summed E-state index contributed by atoms with van der Waals surface area (Å²) < 4.78 is 2.42. The summed E-state index contributed by atoms with van der Waals surface area (Å²) in [7, 11) is 0. The number of rotatable bonds is 2. The van der Waals surface area contributed by atoms with E-state index in [0.717, 1.165) is 36.7 Å². The Kier molecular flexibility index (Phi) is 5.46. The number of carboxylic acids is 2. The molecule has 0 amide bonds. The van der Waals surface area contributed by atoms with E-state index in [1.807, 2.05) is 6.07 Å². The van der Waals surface area contributed by atoms with Crippen LogP contribution in [0.3, 0.4) is 0 Å². The third-order valence-electron chi connectivity index (χ3n) is 4.61. The van der Waals surface area contributed by atoms with Gasteiger partial charge in [0.05, 0.1) is 23.6 Å². The van der Waals surface area contributed by atoms with Gasteiger partial charge in [0.1, 0.15) is 0 Å². The lowest BCUT2D eigenvalue weighted by Gasteiger charge is -2.22. The molecule has 0 saturated carbocycles. The van der Waals surface area contributed by atoms with E-state index < -0.39 is 11.9 Å². The number of nitrogens with zero attached hydrogens (tertiary/aromatic N) is 2. The SMILES string of the molecule is CC1=NCCn2c1cc1c2-c2cccc(Cl)c2CC1.O=C(O)C=CC(=O)O. The molecular formula is C20H19ClN2O4. The third-order valence-corrected chi connectivity index (χ3v) is 4.96. The summed E-state index contributed by atoms with van der Waals surface area (Å²) in [6.07, 6.45) is 3.24. The monoisotopic (exact) mass is 386 g/mol. The zero-order chi connectivity index (χ0) is 19.6. The van der Waals surface area contributed by atoms with Gasteiger partial charge in [-0.3, -0.25) is 4.99 Å². The molecule has 2 aromatic rings. The highest BCUT2D eigenvalue weighted by atomic mass is 35.5. The first-order valence-electron chi connectivity index (χ1n) is 8.54. The van der Waals surface area contributed by atoms with Crippen molar-refractivity contribution in [2.45, 2.75) is 26.3 Å². The average molecular weight is 387 g/mol. The third kappa shape index (κ3) is 3.95. The fourth-order valence-electron chi connectivity index (χ4n) is 3.48. The molecule has 1 aliphatic heterocycles. The van der Waals surface area contributed by atoms with E-state index in [1.54, 1.807) is 0 Å². The molecule has 2 heterocycles. The molecule has 0 bridgehead atoms. The van der Waals surface area contributed by atoms with E-state index in [9.17, 15) is 9.59 Å². The summed E-state index contributed by atoms with van der Waals surface area (Å²) in [5, 5.41) is 16.5. The van der Waals surface area contributed by atoms with Gasteiger partial charge in [-0.2, -0.15) is 0 Å². The Bertz CT molecular complexity index is 957. The highest BCUT2D eigenvalue weighted by Gasteiger charge is 2.25. The molecular weight excluding hydrogens is 368 g/mol. The zero-order valence-corrected chi connectivity index (χ0v) is 15.5. The standard InChI is InChI=1S/C16H15ClN2.C4H4O4/c1-10-15-9-11-5-6-12-13(3-2-4-14(12)17)16(11)19(15)8-7-18-10;5-3(6)1-2-4(7)8/h2-4,9H,5-8H2,1H3;1-2H,(H,5,6)(H,7,8). The van der Waals surface area contributed by atoms with Crippen LogP contribution in [-0.4, -0.2) is 39.0 Å². The molecule has 1 aromatic heterocycles. The average Bonchev–Trinajstić information content (AvgIpc) is 3.01. The highest BCUT2D eigenvalue weighted by Crippen LogP contribution is 2.39. The minimum absolute atomic E-state index is 0.558. The van der Waals surface area contributed by atoms with Crippen LogP contribution in [-0.2, 0) is 29.0 Å². The number of hydrogen-bond donors (Lipinski definition) is 2. The molecule has 0 atom stereocenters. The maximum atomic E-state index is 9.55. The lowest BCUT2D eigenvalue weighted by atomic mass is 9.90. The molecule has 0 saturated heterocycles. The summed E-state index contributed by atoms with van der Waals surface area (Å²) in [5.41, 5.74) is 7.87. The Morgan fingerprint density at radius 1 is 1.19 bits per heavy atom. The van der Waals surface area contributed by atoms with Gasteiger partial charge in [0.25, 0.3) is 0 Å². The van der Waals surface area contributed by atoms with Gasteiger partial charge in [-0.05, 0) is 43.0 Å². The van der Waals surface area contributed by atoms with E-state index >= 15 is 0 Å². The number of aliphatic carboxylic acids is 2. The smallest absolute Gasteiger partial charge is 0.328 e. The van der Waals surface area contributed by atoms with Gasteiger partial charge in [-0.15, -0.1) is 0 Å². The van der Waals surface area contributed by atoms with Crippen molar-refractivity contribution >= 4 is 29.3 Å². The number of carboxylic acid groups (broad SMARTS) is 2. The first-order chi connectivity index (χ1) is 12.9. The molecule has 27 heavy (non-hydrogen) atoms. The second-order valence-electron chi connectivity index (χ2n) is 6.30. The van der Waals surface area contributed by atoms with Crippen LogP contribution < -0.4 is 0 Å². The van der Waals surface area contributed by atoms with E-state index in [4.69, 9.17) is 21.8 Å². The molecule has 0 unspecified atom stereocenters. The fraction of sp³-hybridized carbons (Fsp3) is 0.250. The van der Waals surface area contributed by atoms with E-state index in [-0.39, 0.29) is 0 Å². The molecule has 0 fully saturated rings. The van der Waals surface area contributed by atoms with Crippen molar-refractivity contribution in [1.29, 1.82) is 0 Å². The number of aromatic nitrogens is 1. The van der Waals surface area contributed by atoms with Crippen LogP contribution in [0.2, 0.25) is 5.02 Å². The number of halogens is 1. The normalized spacial score (nSPS) is 14.4. The predicted molar refractivity (Wildman–Crippen MR) is 104 cm³/mol. The van der Waals surface area contributed by atoms with Crippen molar-refractivity contribution in [1.82, 2.24) is 4.57 Å². The molecule has 7 heteroatoms. The number of fused-ring (bicyclic) bond motifs is 5. The fourth-order valence-corrected chi connectivity index (χ4v) is 3.75. The maximum absolute atomic E-state index is 9.55. The van der Waals surface area contributed by atoms with Gasteiger partial charge in [-0.1, -0.05) is 23.7 Å². The maximum Gasteiger partial charge on any atom is 0.328 e. The first kappa shape index (κ1) is 18.9. The minimum atomic E-state index is -1.26. The van der Waals surface area contributed by atoms with E-state index in [2.05, 4.69) is 34.7 Å². The van der Waals surface area contributed by atoms with Gasteiger partial charge in [0.15, 0.2) is 0 Å². The molecule has 2 N–H and O–H groups in total. The second-order valence-corrected chi connectivity index (χ2v) is 6.71. The Morgan fingerprint density at radius 2 is 1.89 bits per heavy atom. The minimum Gasteiger partial charge on any atom is -0.478 e. The highest BCUT2D eigenvalue weighted by molar-refractivity contribution is 6.31. The summed E-state index contributed by atoms with van der Waals surface area (Å²) in [5.74, 6) is -2.51. The quantitative estimate of drug-likeness (QED) is 0.773. The van der Waals surface area contributed by atoms with Gasteiger partial charge in [0, 0.05) is 29.3 Å². The predicted octanol–water partition coefficient (Wildman–Crippen LogP) is 3.44. The van der Waals surface area contributed by atoms with Crippen LogP contribution in [0.5, 0.6) is 0 Å². The molecule has 0 spiro atoms. The lowest BCUT2D eigenvalue weighted by Crippen LogP contribution is -2.17. The lowest BCUT2D eigenvalue weighted by molar-refractivity contribution is -0.134. The van der Waals surface area contributed by atoms with Crippen molar-refractivity contribution in [2.24, 2.45) is 4.99 Å². The zero-order valence-electron chi connectivity index (χ0n) is 14.8. The number of carbonyl (C=O) groups is 2. The summed E-state index contributed by atoms with van der Waals surface area (Å²) in [6, 6.07) is 8.57. The molecule has 1 aromatic carbocycles. The number of benzene rings is 1. The second kappa shape index (κ2) is 7.80. The van der Waals surface area contributed by atoms with Gasteiger partial charge in [0.2, 0.25) is 0 Å². The number of aliphatic imine (C=N–C) groups is 1. The largest absolute Gasteiger partial charge is 0.478 e. The summed E-state index contributed by atoms with van der Waals surface area (Å²) >= 11 is 6.35. The van der Waals surface area contributed by atoms with Crippen molar-refractivity contribution in [3.05, 3.63) is 58.3 Å². The topological polar surface area (TPSA) is 91.9 Å². The van der Waals surface area contributed by atoms with Gasteiger partial charge < -0.3 is 14.8 Å². The van der Waals surface area contributed by atoms with Crippen LogP contribution in [0, 0.1) is 0 Å². The van der Waals surface area contributed by atoms with Crippen LogP contribution in [0.25, 0.3) is 11.3 Å². The molecule has 1 aliphatic carbocycles. The Labute approximate surface area is 161 Å². The molecule has 140 valence electrons. The number of hydrogen-bond acceptors (Lipinski definition) is 3. The number of aryl methyl sites for hydroxylation is 1. The van der Waals surface area contributed by atoms with Crippen molar-refractivity contribution in [2.75, 3.05) is 6.54 Å². The van der Waals surface area contributed by atoms with Crippen molar-refractivity contribution < 1.29 is 19.8 Å². The van der Waals surface area contributed by atoms with Crippen molar-refractivity contribution in [3.63, 3.8) is 0 Å².